The Hall–Kier alpha value is -1.85. The Bertz CT molecular complexity index is 455. The van der Waals surface area contributed by atoms with Gasteiger partial charge in [-0.15, -0.1) is 0 Å². The molecule has 2 rings (SSSR count). The highest BCUT2D eigenvalue weighted by Gasteiger charge is 2.32. The average molecular weight is 252 g/mol. The first-order valence-corrected chi connectivity index (χ1v) is 6.04. The first kappa shape index (κ1) is 12.6. The number of amides is 1. The summed E-state index contributed by atoms with van der Waals surface area (Å²) >= 11 is 0. The highest BCUT2D eigenvalue weighted by atomic mass is 16.5. The third-order valence-electron chi connectivity index (χ3n) is 3.35. The van der Waals surface area contributed by atoms with Crippen LogP contribution < -0.4 is 5.32 Å². The van der Waals surface area contributed by atoms with Gasteiger partial charge >= 0.3 is 5.97 Å². The Morgan fingerprint density at radius 2 is 2.17 bits per heavy atom. The fraction of sp³-hybridized carbons (Fsp3) is 0.583. The molecule has 18 heavy (non-hydrogen) atoms. The molecule has 0 aliphatic heterocycles. The number of aliphatic carboxylic acids is 1. The van der Waals surface area contributed by atoms with Gasteiger partial charge in [-0.3, -0.25) is 9.59 Å². The Morgan fingerprint density at radius 1 is 1.44 bits per heavy atom. The van der Waals surface area contributed by atoms with Gasteiger partial charge in [0.2, 0.25) is 5.76 Å². The Morgan fingerprint density at radius 3 is 2.78 bits per heavy atom. The molecule has 1 heterocycles. The number of aryl methyl sites for hydroxylation is 1. The van der Waals surface area contributed by atoms with Crippen molar-refractivity contribution in [1.82, 2.24) is 10.5 Å². The quantitative estimate of drug-likeness (QED) is 0.847. The lowest BCUT2D eigenvalue weighted by atomic mass is 9.84. The van der Waals surface area contributed by atoms with Gasteiger partial charge in [0.25, 0.3) is 5.91 Å². The number of rotatable bonds is 3. The summed E-state index contributed by atoms with van der Waals surface area (Å²) in [5.74, 6) is -1.59. The fourth-order valence-corrected chi connectivity index (χ4v) is 2.34. The zero-order chi connectivity index (χ0) is 13.1. The second-order valence-corrected chi connectivity index (χ2v) is 4.65. The van der Waals surface area contributed by atoms with E-state index in [-0.39, 0.29) is 17.7 Å². The maximum absolute atomic E-state index is 11.9. The zero-order valence-electron chi connectivity index (χ0n) is 10.2. The number of hydrogen-bond donors (Lipinski definition) is 2. The van der Waals surface area contributed by atoms with Gasteiger partial charge in [-0.05, 0) is 19.8 Å². The van der Waals surface area contributed by atoms with Crippen molar-refractivity contribution in [2.24, 2.45) is 5.92 Å². The van der Waals surface area contributed by atoms with Crippen molar-refractivity contribution in [3.8, 4) is 0 Å². The first-order chi connectivity index (χ1) is 8.59. The van der Waals surface area contributed by atoms with E-state index in [1.807, 2.05) is 0 Å². The highest BCUT2D eigenvalue weighted by molar-refractivity contribution is 5.93. The number of aromatic nitrogens is 1. The SMILES string of the molecule is Cc1cnoc1C(=O)NC1CCCCC1C(=O)O. The summed E-state index contributed by atoms with van der Waals surface area (Å²) in [7, 11) is 0. The number of hydrogen-bond acceptors (Lipinski definition) is 4. The van der Waals surface area contributed by atoms with E-state index in [1.165, 1.54) is 6.20 Å². The summed E-state index contributed by atoms with van der Waals surface area (Å²) in [6, 6.07) is -0.326. The molecule has 0 saturated heterocycles. The molecule has 0 bridgehead atoms. The van der Waals surface area contributed by atoms with Gasteiger partial charge in [0.15, 0.2) is 0 Å². The van der Waals surface area contributed by atoms with E-state index >= 15 is 0 Å². The maximum atomic E-state index is 11.9. The van der Waals surface area contributed by atoms with Crippen molar-refractivity contribution in [2.45, 2.75) is 38.6 Å². The molecule has 0 radical (unpaired) electrons. The summed E-state index contributed by atoms with van der Waals surface area (Å²) in [6.07, 6.45) is 4.59. The monoisotopic (exact) mass is 252 g/mol. The highest BCUT2D eigenvalue weighted by Crippen LogP contribution is 2.25. The topological polar surface area (TPSA) is 92.4 Å². The second kappa shape index (κ2) is 5.20. The molecule has 1 aliphatic carbocycles. The molecule has 1 amide bonds. The molecule has 0 spiro atoms. The van der Waals surface area contributed by atoms with Crippen molar-refractivity contribution >= 4 is 11.9 Å². The van der Waals surface area contributed by atoms with E-state index in [2.05, 4.69) is 10.5 Å². The molecule has 2 unspecified atom stereocenters. The molecule has 1 saturated carbocycles. The number of nitrogens with one attached hydrogen (secondary N) is 1. The molecule has 1 aromatic rings. The smallest absolute Gasteiger partial charge is 0.308 e. The van der Waals surface area contributed by atoms with Crippen molar-refractivity contribution < 1.29 is 19.2 Å². The normalized spacial score (nSPS) is 23.6. The summed E-state index contributed by atoms with van der Waals surface area (Å²) in [4.78, 5) is 23.0. The lowest BCUT2D eigenvalue weighted by molar-refractivity contribution is -0.143. The van der Waals surface area contributed by atoms with Gasteiger partial charge < -0.3 is 14.9 Å². The van der Waals surface area contributed by atoms with Crippen LogP contribution in [-0.4, -0.2) is 28.2 Å². The summed E-state index contributed by atoms with van der Waals surface area (Å²) in [6.45, 7) is 1.72. The van der Waals surface area contributed by atoms with Crippen LogP contribution in [0.1, 0.15) is 41.8 Å². The molecular weight excluding hydrogens is 236 g/mol. The second-order valence-electron chi connectivity index (χ2n) is 4.65. The molecule has 6 heteroatoms. The minimum atomic E-state index is -0.853. The molecule has 98 valence electrons. The number of carbonyl (C=O) groups is 2. The van der Waals surface area contributed by atoms with Gasteiger partial charge in [0.1, 0.15) is 0 Å². The Balaban J connectivity index is 2.05. The summed E-state index contributed by atoms with van der Waals surface area (Å²) in [5.41, 5.74) is 0.648. The van der Waals surface area contributed by atoms with Crippen LogP contribution in [0.3, 0.4) is 0 Å². The minimum absolute atomic E-state index is 0.157. The van der Waals surface area contributed by atoms with Crippen LogP contribution in [-0.2, 0) is 4.79 Å². The standard InChI is InChI=1S/C12H16N2O4/c1-7-6-13-18-10(7)11(15)14-9-5-3-2-4-8(9)12(16)17/h6,8-9H,2-5H2,1H3,(H,14,15)(H,16,17). The first-order valence-electron chi connectivity index (χ1n) is 6.04. The van der Waals surface area contributed by atoms with Gasteiger partial charge in [-0.2, -0.15) is 0 Å². The van der Waals surface area contributed by atoms with Crippen LogP contribution in [0.5, 0.6) is 0 Å². The van der Waals surface area contributed by atoms with Crippen LogP contribution >= 0.6 is 0 Å². The Kier molecular flexibility index (Phi) is 3.64. The third-order valence-corrected chi connectivity index (χ3v) is 3.35. The van der Waals surface area contributed by atoms with E-state index < -0.39 is 11.9 Å². The van der Waals surface area contributed by atoms with Crippen molar-refractivity contribution in [3.63, 3.8) is 0 Å². The molecule has 2 atom stereocenters. The zero-order valence-corrected chi connectivity index (χ0v) is 10.2. The van der Waals surface area contributed by atoms with Crippen LogP contribution in [0.4, 0.5) is 0 Å². The largest absolute Gasteiger partial charge is 0.481 e. The van der Waals surface area contributed by atoms with E-state index in [9.17, 15) is 9.59 Å². The predicted octanol–water partition coefficient (Wildman–Crippen LogP) is 1.36. The number of carboxylic acids is 1. The van der Waals surface area contributed by atoms with Gasteiger partial charge in [-0.1, -0.05) is 18.0 Å². The molecule has 2 N–H and O–H groups in total. The van der Waals surface area contributed by atoms with Crippen molar-refractivity contribution in [3.05, 3.63) is 17.5 Å². The van der Waals surface area contributed by atoms with E-state index in [1.54, 1.807) is 6.92 Å². The summed E-state index contributed by atoms with van der Waals surface area (Å²) < 4.78 is 4.85. The van der Waals surface area contributed by atoms with Crippen molar-refractivity contribution in [1.29, 1.82) is 0 Å². The predicted molar refractivity (Wildman–Crippen MR) is 62.1 cm³/mol. The number of nitrogens with zero attached hydrogens (tertiary/aromatic N) is 1. The molecule has 1 aliphatic rings. The van der Waals surface area contributed by atoms with E-state index in [4.69, 9.17) is 9.63 Å². The lowest BCUT2D eigenvalue weighted by Gasteiger charge is -2.28. The van der Waals surface area contributed by atoms with E-state index in [0.717, 1.165) is 12.8 Å². The molecule has 0 aromatic carbocycles. The van der Waals surface area contributed by atoms with Crippen LogP contribution in [0.2, 0.25) is 0 Å². The molecule has 1 fully saturated rings. The van der Waals surface area contributed by atoms with Gasteiger partial charge in [0, 0.05) is 11.6 Å². The summed E-state index contributed by atoms with van der Waals surface area (Å²) in [5, 5.41) is 15.4. The molecule has 6 nitrogen and oxygen atoms in total. The van der Waals surface area contributed by atoms with Crippen LogP contribution in [0, 0.1) is 12.8 Å². The van der Waals surface area contributed by atoms with Crippen LogP contribution in [0.15, 0.2) is 10.7 Å². The van der Waals surface area contributed by atoms with E-state index in [0.29, 0.717) is 18.4 Å². The molecular formula is C12H16N2O4. The van der Waals surface area contributed by atoms with Gasteiger partial charge in [0.05, 0.1) is 12.1 Å². The number of carboxylic acid groups (broad SMARTS) is 1. The molecule has 1 aromatic heterocycles. The third kappa shape index (κ3) is 2.52. The van der Waals surface area contributed by atoms with Crippen LogP contribution in [0.25, 0.3) is 0 Å². The fourth-order valence-electron chi connectivity index (χ4n) is 2.34. The Labute approximate surface area is 104 Å². The average Bonchev–Trinajstić information content (AvgIpc) is 2.76. The van der Waals surface area contributed by atoms with Crippen molar-refractivity contribution in [2.75, 3.05) is 0 Å². The minimum Gasteiger partial charge on any atom is -0.481 e. The van der Waals surface area contributed by atoms with Gasteiger partial charge in [-0.25, -0.2) is 0 Å². The maximum Gasteiger partial charge on any atom is 0.308 e. The lowest BCUT2D eigenvalue weighted by Crippen LogP contribution is -2.45. The number of carbonyl (C=O) groups excluding carboxylic acids is 1.